The molecule has 7 heteroatoms. The Kier molecular flexibility index (Phi) is 5.69. The molecule has 3 aliphatic rings. The van der Waals surface area contributed by atoms with Crippen LogP contribution in [0.4, 0.5) is 9.18 Å². The molecule has 6 nitrogen and oxygen atoms in total. The lowest BCUT2D eigenvalue weighted by atomic mass is 9.86. The molecule has 4 rings (SSSR count). The molecule has 2 atom stereocenters. The molecule has 3 fully saturated rings. The van der Waals surface area contributed by atoms with Crippen molar-refractivity contribution in [2.75, 3.05) is 19.6 Å². The number of carbonyl (C=O) groups excluding carboxylic acids is 2. The highest BCUT2D eigenvalue weighted by molar-refractivity contribution is 5.83. The monoisotopic (exact) mass is 378 g/mol. The van der Waals surface area contributed by atoms with Gasteiger partial charge in [-0.05, 0) is 70.3 Å². The molecule has 0 aliphatic carbocycles. The zero-order valence-electron chi connectivity index (χ0n) is 16.0. The summed E-state index contributed by atoms with van der Waals surface area (Å²) in [6.45, 7) is 8.02. The number of hydrogen-bond acceptors (Lipinski definition) is 5. The molecule has 148 valence electrons. The van der Waals surface area contributed by atoms with E-state index in [4.69, 9.17) is 9.47 Å². The third kappa shape index (κ3) is 5.19. The van der Waals surface area contributed by atoms with Crippen molar-refractivity contribution in [2.24, 2.45) is 5.92 Å². The van der Waals surface area contributed by atoms with E-state index in [1.807, 2.05) is 0 Å². The number of alkyl carbamates (subject to hydrolysis) is 1. The summed E-state index contributed by atoms with van der Waals surface area (Å²) in [6.07, 6.45) is 1.13. The summed E-state index contributed by atoms with van der Waals surface area (Å²) in [5.41, 5.74) is -0.245. The predicted molar refractivity (Wildman–Crippen MR) is 97.6 cm³/mol. The lowest BCUT2D eigenvalue weighted by Crippen LogP contribution is -2.52. The summed E-state index contributed by atoms with van der Waals surface area (Å²) in [4.78, 5) is 27.4. The molecule has 3 aliphatic heterocycles. The number of benzene rings is 1. The quantitative estimate of drug-likeness (QED) is 0.816. The van der Waals surface area contributed by atoms with Crippen LogP contribution >= 0.6 is 0 Å². The van der Waals surface area contributed by atoms with E-state index < -0.39 is 29.5 Å². The maximum absolute atomic E-state index is 13.3. The summed E-state index contributed by atoms with van der Waals surface area (Å²) in [5, 5.41) is 2.57. The highest BCUT2D eigenvalue weighted by Crippen LogP contribution is 2.30. The van der Waals surface area contributed by atoms with E-state index in [1.165, 1.54) is 24.3 Å². The Hall–Kier alpha value is -2.15. The van der Waals surface area contributed by atoms with E-state index in [0.717, 1.165) is 32.5 Å². The lowest BCUT2D eigenvalue weighted by Gasteiger charge is -2.44. The van der Waals surface area contributed by atoms with Gasteiger partial charge in [-0.15, -0.1) is 0 Å². The van der Waals surface area contributed by atoms with Crippen LogP contribution in [0.15, 0.2) is 24.3 Å². The fourth-order valence-corrected chi connectivity index (χ4v) is 3.62. The molecule has 1 amide bonds. The Morgan fingerprint density at radius 1 is 1.19 bits per heavy atom. The second kappa shape index (κ2) is 7.84. The Morgan fingerprint density at radius 3 is 2.33 bits per heavy atom. The highest BCUT2D eigenvalue weighted by Gasteiger charge is 2.38. The average molecular weight is 378 g/mol. The predicted octanol–water partition coefficient (Wildman–Crippen LogP) is 3.03. The van der Waals surface area contributed by atoms with Crippen molar-refractivity contribution in [2.45, 2.75) is 51.4 Å². The standard InChI is InChI=1S/C20H27FN2O4/c1-20(2,3)27-19(25)22-17(14-4-6-15(21)7-5-14)18(24)26-16-12-23-10-8-13(16)9-11-23/h4-7,13,16-17H,8-12H2,1-3H3,(H,22,25). The maximum atomic E-state index is 13.3. The van der Waals surface area contributed by atoms with Gasteiger partial charge in [0.25, 0.3) is 0 Å². The van der Waals surface area contributed by atoms with Gasteiger partial charge in [0.05, 0.1) is 0 Å². The molecule has 3 heterocycles. The number of carbonyl (C=O) groups is 2. The smallest absolute Gasteiger partial charge is 0.408 e. The lowest BCUT2D eigenvalue weighted by molar-refractivity contribution is -0.161. The molecular weight excluding hydrogens is 351 g/mol. The molecule has 2 bridgehead atoms. The number of fused-ring (bicyclic) bond motifs is 3. The normalized spacial score (nSPS) is 25.6. The Balaban J connectivity index is 1.73. The van der Waals surface area contributed by atoms with E-state index in [-0.39, 0.29) is 6.10 Å². The number of amides is 1. The number of ether oxygens (including phenoxy) is 2. The summed E-state index contributed by atoms with van der Waals surface area (Å²) in [6, 6.07) is 4.39. The number of hydrogen-bond donors (Lipinski definition) is 1. The van der Waals surface area contributed by atoms with Crippen LogP contribution in [-0.2, 0) is 14.3 Å². The first-order chi connectivity index (χ1) is 12.7. The molecule has 0 spiro atoms. The van der Waals surface area contributed by atoms with E-state index in [0.29, 0.717) is 11.5 Å². The van der Waals surface area contributed by atoms with Gasteiger partial charge in [-0.3, -0.25) is 4.90 Å². The Bertz CT molecular complexity index is 678. The molecule has 0 saturated carbocycles. The van der Waals surface area contributed by atoms with Crippen LogP contribution in [0.2, 0.25) is 0 Å². The van der Waals surface area contributed by atoms with E-state index in [1.54, 1.807) is 20.8 Å². The zero-order valence-corrected chi connectivity index (χ0v) is 16.0. The molecule has 27 heavy (non-hydrogen) atoms. The van der Waals surface area contributed by atoms with Crippen molar-refractivity contribution in [3.63, 3.8) is 0 Å². The minimum absolute atomic E-state index is 0.177. The molecule has 1 N–H and O–H groups in total. The van der Waals surface area contributed by atoms with Crippen molar-refractivity contribution < 1.29 is 23.5 Å². The second-order valence-corrected chi connectivity index (χ2v) is 8.24. The van der Waals surface area contributed by atoms with Crippen molar-refractivity contribution in [1.29, 1.82) is 0 Å². The third-order valence-electron chi connectivity index (χ3n) is 4.96. The number of halogens is 1. The van der Waals surface area contributed by atoms with Crippen LogP contribution in [0.3, 0.4) is 0 Å². The first-order valence-electron chi connectivity index (χ1n) is 9.39. The maximum Gasteiger partial charge on any atom is 0.408 e. The summed E-state index contributed by atoms with van der Waals surface area (Å²) in [5.74, 6) is -0.610. The first-order valence-corrected chi connectivity index (χ1v) is 9.39. The minimum Gasteiger partial charge on any atom is -0.459 e. The van der Waals surface area contributed by atoms with Crippen molar-refractivity contribution >= 4 is 12.1 Å². The van der Waals surface area contributed by atoms with E-state index in [2.05, 4.69) is 10.2 Å². The first kappa shape index (κ1) is 19.6. The molecule has 0 radical (unpaired) electrons. The van der Waals surface area contributed by atoms with Crippen molar-refractivity contribution in [3.8, 4) is 0 Å². The molecule has 1 aromatic rings. The highest BCUT2D eigenvalue weighted by atomic mass is 19.1. The second-order valence-electron chi connectivity index (χ2n) is 8.24. The summed E-state index contributed by atoms with van der Waals surface area (Å²) >= 11 is 0. The fourth-order valence-electron chi connectivity index (χ4n) is 3.62. The van der Waals surface area contributed by atoms with Crippen LogP contribution in [0.25, 0.3) is 0 Å². The van der Waals surface area contributed by atoms with Crippen molar-refractivity contribution in [3.05, 3.63) is 35.6 Å². The minimum atomic E-state index is -1.05. The van der Waals surface area contributed by atoms with Gasteiger partial charge >= 0.3 is 12.1 Å². The number of rotatable bonds is 4. The van der Waals surface area contributed by atoms with Crippen LogP contribution in [0, 0.1) is 11.7 Å². The zero-order chi connectivity index (χ0) is 19.6. The SMILES string of the molecule is CC(C)(C)OC(=O)NC(C(=O)OC1CN2CCC1CC2)c1ccc(F)cc1. The van der Waals surface area contributed by atoms with Gasteiger partial charge < -0.3 is 14.8 Å². The fraction of sp³-hybridized carbons (Fsp3) is 0.600. The van der Waals surface area contributed by atoms with Gasteiger partial charge in [0.1, 0.15) is 17.5 Å². The van der Waals surface area contributed by atoms with E-state index in [9.17, 15) is 14.0 Å². The van der Waals surface area contributed by atoms with Gasteiger partial charge in [0, 0.05) is 6.54 Å². The molecular formula is C20H27FN2O4. The van der Waals surface area contributed by atoms with Crippen LogP contribution < -0.4 is 5.32 Å². The Labute approximate surface area is 159 Å². The molecule has 2 unspecified atom stereocenters. The molecule has 1 aromatic carbocycles. The van der Waals surface area contributed by atoms with Crippen LogP contribution in [0.1, 0.15) is 45.2 Å². The van der Waals surface area contributed by atoms with Crippen LogP contribution in [-0.4, -0.2) is 48.3 Å². The van der Waals surface area contributed by atoms with Gasteiger partial charge in [-0.1, -0.05) is 12.1 Å². The molecule has 0 aromatic heterocycles. The number of nitrogens with one attached hydrogen (secondary N) is 1. The number of piperidine rings is 3. The summed E-state index contributed by atoms with van der Waals surface area (Å²) in [7, 11) is 0. The van der Waals surface area contributed by atoms with Gasteiger partial charge in [0.2, 0.25) is 0 Å². The van der Waals surface area contributed by atoms with Crippen LogP contribution in [0.5, 0.6) is 0 Å². The largest absolute Gasteiger partial charge is 0.459 e. The molecule has 3 saturated heterocycles. The summed E-state index contributed by atoms with van der Waals surface area (Å²) < 4.78 is 24.3. The Morgan fingerprint density at radius 2 is 1.81 bits per heavy atom. The third-order valence-corrected chi connectivity index (χ3v) is 4.96. The van der Waals surface area contributed by atoms with E-state index >= 15 is 0 Å². The van der Waals surface area contributed by atoms with Gasteiger partial charge in [-0.25, -0.2) is 14.0 Å². The van der Waals surface area contributed by atoms with Gasteiger partial charge in [0.15, 0.2) is 6.04 Å². The number of nitrogens with zero attached hydrogens (tertiary/aromatic N) is 1. The van der Waals surface area contributed by atoms with Gasteiger partial charge in [-0.2, -0.15) is 0 Å². The van der Waals surface area contributed by atoms with Crippen molar-refractivity contribution in [1.82, 2.24) is 10.2 Å². The number of esters is 1. The topological polar surface area (TPSA) is 67.9 Å². The average Bonchev–Trinajstić information content (AvgIpc) is 2.60.